The van der Waals surface area contributed by atoms with Crippen LogP contribution in [0.25, 0.3) is 0 Å². The molecule has 2 aliphatic heterocycles. The molecule has 0 saturated carbocycles. The summed E-state index contributed by atoms with van der Waals surface area (Å²) in [7, 11) is 0. The number of nitrogens with zero attached hydrogens (tertiary/aromatic N) is 5. The Bertz CT molecular complexity index is 1110. The molecule has 13 heteroatoms. The van der Waals surface area contributed by atoms with Crippen LogP contribution in [0.15, 0.2) is 17.1 Å². The van der Waals surface area contributed by atoms with Gasteiger partial charge in [0.25, 0.3) is 5.92 Å². The van der Waals surface area contributed by atoms with Crippen LogP contribution in [0.2, 0.25) is 0 Å². The van der Waals surface area contributed by atoms with Crippen molar-refractivity contribution in [1.82, 2.24) is 24.2 Å². The van der Waals surface area contributed by atoms with Gasteiger partial charge in [0.05, 0.1) is 13.1 Å². The van der Waals surface area contributed by atoms with Crippen molar-refractivity contribution >= 4 is 5.91 Å². The lowest BCUT2D eigenvalue weighted by Gasteiger charge is -2.30. The van der Waals surface area contributed by atoms with Crippen LogP contribution in [0, 0.1) is 11.7 Å². The van der Waals surface area contributed by atoms with Crippen molar-refractivity contribution in [3.63, 3.8) is 0 Å². The number of amides is 1. The van der Waals surface area contributed by atoms with E-state index in [1.54, 1.807) is 0 Å². The van der Waals surface area contributed by atoms with Gasteiger partial charge in [0.1, 0.15) is 11.9 Å². The van der Waals surface area contributed by atoms with E-state index in [9.17, 15) is 35.9 Å². The molecule has 1 saturated heterocycles. The number of aromatic nitrogens is 4. The summed E-state index contributed by atoms with van der Waals surface area (Å²) in [6, 6.07) is -0.0515. The Morgan fingerprint density at radius 1 is 1.31 bits per heavy atom. The number of likely N-dealkylation sites (tertiary alicyclic amines) is 1. The molecule has 1 amide bonds. The third-order valence-corrected chi connectivity index (χ3v) is 5.73. The average molecular weight is 463 g/mol. The maximum absolute atomic E-state index is 14.3. The van der Waals surface area contributed by atoms with E-state index in [4.69, 9.17) is 0 Å². The fourth-order valence-electron chi connectivity index (χ4n) is 4.21. The van der Waals surface area contributed by atoms with Crippen molar-refractivity contribution < 1.29 is 31.1 Å². The van der Waals surface area contributed by atoms with Crippen molar-refractivity contribution in [3.8, 4) is 0 Å². The van der Waals surface area contributed by atoms with Crippen LogP contribution in [0.5, 0.6) is 0 Å². The van der Waals surface area contributed by atoms with E-state index in [2.05, 4.69) is 10.1 Å². The highest BCUT2D eigenvalue weighted by Gasteiger charge is 2.44. The number of rotatable bonds is 3. The van der Waals surface area contributed by atoms with Gasteiger partial charge in [0.2, 0.25) is 5.91 Å². The molecule has 2 atom stereocenters. The van der Waals surface area contributed by atoms with E-state index in [1.165, 1.54) is 0 Å². The molecule has 174 valence electrons. The molecule has 4 heterocycles. The summed E-state index contributed by atoms with van der Waals surface area (Å²) in [5, 5.41) is 4.10. The highest BCUT2D eigenvalue weighted by Crippen LogP contribution is 2.33. The summed E-state index contributed by atoms with van der Waals surface area (Å²) in [5.74, 6) is -5.14. The van der Waals surface area contributed by atoms with Gasteiger partial charge in [0.15, 0.2) is 11.5 Å². The summed E-state index contributed by atoms with van der Waals surface area (Å²) >= 11 is 0. The van der Waals surface area contributed by atoms with Gasteiger partial charge in [0, 0.05) is 31.1 Å². The van der Waals surface area contributed by atoms with E-state index in [0.717, 1.165) is 26.4 Å². The Morgan fingerprint density at radius 2 is 2.03 bits per heavy atom. The Labute approximate surface area is 177 Å². The topological polar surface area (TPSA) is 73.0 Å². The predicted molar refractivity (Wildman–Crippen MR) is 97.5 cm³/mol. The molecule has 0 unspecified atom stereocenters. The van der Waals surface area contributed by atoms with Crippen molar-refractivity contribution in [3.05, 3.63) is 45.6 Å². The number of hydrogen-bond donors (Lipinski definition) is 0. The van der Waals surface area contributed by atoms with Gasteiger partial charge in [-0.3, -0.25) is 9.36 Å². The second kappa shape index (κ2) is 7.62. The van der Waals surface area contributed by atoms with Gasteiger partial charge in [-0.2, -0.15) is 18.3 Å². The van der Waals surface area contributed by atoms with E-state index >= 15 is 0 Å². The lowest BCUT2D eigenvalue weighted by atomic mass is 9.93. The van der Waals surface area contributed by atoms with Crippen LogP contribution in [-0.4, -0.2) is 49.2 Å². The zero-order valence-corrected chi connectivity index (χ0v) is 16.9. The first-order chi connectivity index (χ1) is 14.9. The summed E-state index contributed by atoms with van der Waals surface area (Å²) in [6.45, 7) is 0.326. The Hall–Kier alpha value is -2.86. The van der Waals surface area contributed by atoms with Gasteiger partial charge in [-0.05, 0) is 18.4 Å². The number of halogens is 6. The highest BCUT2D eigenvalue weighted by atomic mass is 19.4. The summed E-state index contributed by atoms with van der Waals surface area (Å²) in [5.41, 5.74) is -2.97. The number of alkyl halides is 5. The lowest BCUT2D eigenvalue weighted by Crippen LogP contribution is -2.43. The summed E-state index contributed by atoms with van der Waals surface area (Å²) in [6.07, 6.45) is -4.17. The number of carbonyl (C=O) groups excluding carboxylic acids is 1. The Kier molecular flexibility index (Phi) is 5.32. The minimum Gasteiger partial charge on any atom is -0.335 e. The molecule has 0 aromatic carbocycles. The molecule has 32 heavy (non-hydrogen) atoms. The fourth-order valence-corrected chi connectivity index (χ4v) is 4.21. The van der Waals surface area contributed by atoms with E-state index in [0.29, 0.717) is 6.42 Å². The van der Waals surface area contributed by atoms with Gasteiger partial charge in [-0.25, -0.2) is 27.6 Å². The lowest BCUT2D eigenvalue weighted by molar-refractivity contribution is -0.143. The molecular weight excluding hydrogens is 444 g/mol. The van der Waals surface area contributed by atoms with Crippen molar-refractivity contribution in [2.24, 2.45) is 5.92 Å². The normalized spacial score (nSPS) is 22.8. The van der Waals surface area contributed by atoms with Crippen molar-refractivity contribution in [2.75, 3.05) is 13.1 Å². The SMILES string of the molecule is C[C@H]1Cc2nn(Cc3ccnc(C(F)(F)F)c3F)c(=O)n2[C@@H](C(=O)N2CCC(F)(F)C2)C1. The zero-order valence-electron chi connectivity index (χ0n) is 16.9. The van der Waals surface area contributed by atoms with Crippen molar-refractivity contribution in [2.45, 2.75) is 50.9 Å². The summed E-state index contributed by atoms with van der Waals surface area (Å²) in [4.78, 5) is 29.9. The molecule has 1 fully saturated rings. The predicted octanol–water partition coefficient (Wildman–Crippen LogP) is 2.64. The monoisotopic (exact) mass is 463 g/mol. The second-order valence-electron chi connectivity index (χ2n) is 8.28. The number of carbonyl (C=O) groups is 1. The largest absolute Gasteiger partial charge is 0.436 e. The molecule has 0 radical (unpaired) electrons. The molecule has 2 aromatic heterocycles. The molecule has 7 nitrogen and oxygen atoms in total. The van der Waals surface area contributed by atoms with Gasteiger partial charge in [-0.1, -0.05) is 6.92 Å². The van der Waals surface area contributed by atoms with Gasteiger partial charge >= 0.3 is 11.9 Å². The third-order valence-electron chi connectivity index (χ3n) is 5.73. The first kappa shape index (κ1) is 22.3. The molecule has 0 bridgehead atoms. The average Bonchev–Trinajstić information content (AvgIpc) is 3.20. The maximum Gasteiger partial charge on any atom is 0.436 e. The standard InChI is InChI=1S/C19H19F6N5O2/c1-10-6-12(16(31)28-5-3-18(21,22)9-28)30-13(7-10)27-29(17(30)32)8-11-2-4-26-15(14(11)20)19(23,24)25/h2,4,10,12H,3,5-9H2,1H3/t10-,12-/m1/s1. The summed E-state index contributed by atoms with van der Waals surface area (Å²) < 4.78 is 82.2. The van der Waals surface area contributed by atoms with Crippen molar-refractivity contribution in [1.29, 1.82) is 0 Å². The molecule has 2 aromatic rings. The third kappa shape index (κ3) is 3.99. The quantitative estimate of drug-likeness (QED) is 0.657. The first-order valence-corrected chi connectivity index (χ1v) is 9.93. The minimum absolute atomic E-state index is 0.0932. The molecule has 0 spiro atoms. The van der Waals surface area contributed by atoms with Crippen LogP contribution < -0.4 is 5.69 Å². The van der Waals surface area contributed by atoms with E-state index in [-0.39, 0.29) is 24.7 Å². The highest BCUT2D eigenvalue weighted by molar-refractivity contribution is 5.81. The van der Waals surface area contributed by atoms with Crippen LogP contribution in [0.1, 0.15) is 42.9 Å². The molecule has 0 N–H and O–H groups in total. The second-order valence-corrected chi connectivity index (χ2v) is 8.28. The van der Waals surface area contributed by atoms with Gasteiger partial charge in [-0.15, -0.1) is 0 Å². The van der Waals surface area contributed by atoms with Crippen LogP contribution in [0.4, 0.5) is 26.3 Å². The molecular formula is C19H19F6N5O2. The van der Waals surface area contributed by atoms with Gasteiger partial charge < -0.3 is 4.90 Å². The number of pyridine rings is 1. The Balaban J connectivity index is 1.67. The first-order valence-electron chi connectivity index (χ1n) is 9.93. The van der Waals surface area contributed by atoms with E-state index in [1.807, 2.05) is 6.92 Å². The Morgan fingerprint density at radius 3 is 2.66 bits per heavy atom. The molecule has 4 rings (SSSR count). The zero-order chi connectivity index (χ0) is 23.4. The number of fused-ring (bicyclic) bond motifs is 1. The molecule has 2 aliphatic rings. The smallest absolute Gasteiger partial charge is 0.335 e. The van der Waals surface area contributed by atoms with Crippen LogP contribution >= 0.6 is 0 Å². The minimum atomic E-state index is -5.01. The van der Waals surface area contributed by atoms with Crippen LogP contribution in [-0.2, 0) is 23.9 Å². The van der Waals surface area contributed by atoms with Crippen LogP contribution in [0.3, 0.4) is 0 Å². The fraction of sp³-hybridized carbons (Fsp3) is 0.579. The van der Waals surface area contributed by atoms with E-state index < -0.39 is 66.3 Å². The number of hydrogen-bond acceptors (Lipinski definition) is 4. The maximum atomic E-state index is 14.3. The molecule has 0 aliphatic carbocycles.